The SMILES string of the molecule is CCNC(=NCC1CCN(CCOC)CC1)NCCOc1ccc(C)cc1. The van der Waals surface area contributed by atoms with Crippen molar-refractivity contribution < 1.29 is 9.47 Å². The van der Waals surface area contributed by atoms with E-state index < -0.39 is 0 Å². The van der Waals surface area contributed by atoms with Gasteiger partial charge >= 0.3 is 0 Å². The molecule has 0 amide bonds. The van der Waals surface area contributed by atoms with Gasteiger partial charge in [0.15, 0.2) is 5.96 Å². The zero-order valence-electron chi connectivity index (χ0n) is 17.2. The monoisotopic (exact) mass is 376 g/mol. The number of guanidine groups is 1. The first-order chi connectivity index (χ1) is 13.2. The third-order valence-electron chi connectivity index (χ3n) is 4.85. The molecule has 2 N–H and O–H groups in total. The highest BCUT2D eigenvalue weighted by molar-refractivity contribution is 5.79. The number of hydrogen-bond acceptors (Lipinski definition) is 4. The van der Waals surface area contributed by atoms with E-state index in [1.54, 1.807) is 7.11 Å². The number of rotatable bonds is 10. The molecule has 27 heavy (non-hydrogen) atoms. The maximum atomic E-state index is 5.77. The van der Waals surface area contributed by atoms with Crippen molar-refractivity contribution in [3.8, 4) is 5.75 Å². The van der Waals surface area contributed by atoms with E-state index >= 15 is 0 Å². The van der Waals surface area contributed by atoms with Crippen LogP contribution >= 0.6 is 0 Å². The van der Waals surface area contributed by atoms with Crippen molar-refractivity contribution in [3.05, 3.63) is 29.8 Å². The van der Waals surface area contributed by atoms with Gasteiger partial charge in [-0.05, 0) is 57.8 Å². The van der Waals surface area contributed by atoms with Gasteiger partial charge in [0.1, 0.15) is 12.4 Å². The van der Waals surface area contributed by atoms with E-state index in [2.05, 4.69) is 41.5 Å². The average Bonchev–Trinajstić information content (AvgIpc) is 2.70. The minimum absolute atomic E-state index is 0.616. The van der Waals surface area contributed by atoms with Crippen molar-refractivity contribution in [2.75, 3.05) is 59.6 Å². The third kappa shape index (κ3) is 8.63. The molecule has 0 aromatic heterocycles. The van der Waals surface area contributed by atoms with Crippen LogP contribution in [0.2, 0.25) is 0 Å². The van der Waals surface area contributed by atoms with Gasteiger partial charge in [-0.1, -0.05) is 17.7 Å². The molecule has 0 bridgehead atoms. The van der Waals surface area contributed by atoms with Crippen LogP contribution in [0.25, 0.3) is 0 Å². The summed E-state index contributed by atoms with van der Waals surface area (Å²) in [6, 6.07) is 8.14. The van der Waals surface area contributed by atoms with E-state index in [0.29, 0.717) is 12.5 Å². The zero-order chi connectivity index (χ0) is 19.3. The standard InChI is InChI=1S/C21H36N4O2/c1-4-22-21(23-11-15-27-20-7-5-18(2)6-8-20)24-17-19-9-12-25(13-10-19)14-16-26-3/h5-8,19H,4,9-17H2,1-3H3,(H2,22,23,24). The fraction of sp³-hybridized carbons (Fsp3) is 0.667. The van der Waals surface area contributed by atoms with E-state index in [1.807, 2.05) is 12.1 Å². The van der Waals surface area contributed by atoms with E-state index in [0.717, 1.165) is 57.6 Å². The number of piperidine rings is 1. The van der Waals surface area contributed by atoms with Gasteiger partial charge in [-0.15, -0.1) is 0 Å². The molecule has 0 aliphatic carbocycles. The molecule has 1 aliphatic heterocycles. The highest BCUT2D eigenvalue weighted by Crippen LogP contribution is 2.17. The molecule has 2 rings (SSSR count). The van der Waals surface area contributed by atoms with Crippen LogP contribution in [0, 0.1) is 12.8 Å². The molecule has 1 heterocycles. The first kappa shape index (κ1) is 21.5. The second-order valence-corrected chi connectivity index (χ2v) is 7.09. The quantitative estimate of drug-likeness (QED) is 0.373. The summed E-state index contributed by atoms with van der Waals surface area (Å²) in [4.78, 5) is 7.26. The minimum atomic E-state index is 0.616. The van der Waals surface area contributed by atoms with Crippen molar-refractivity contribution in [1.29, 1.82) is 0 Å². The van der Waals surface area contributed by atoms with Gasteiger partial charge in [-0.2, -0.15) is 0 Å². The van der Waals surface area contributed by atoms with Gasteiger partial charge in [0, 0.05) is 26.7 Å². The molecule has 6 heteroatoms. The van der Waals surface area contributed by atoms with Crippen LogP contribution in [0.1, 0.15) is 25.3 Å². The van der Waals surface area contributed by atoms with Gasteiger partial charge < -0.3 is 25.0 Å². The summed E-state index contributed by atoms with van der Waals surface area (Å²) in [5.41, 5.74) is 1.24. The van der Waals surface area contributed by atoms with Gasteiger partial charge in [-0.25, -0.2) is 0 Å². The second kappa shape index (κ2) is 12.6. The molecule has 1 saturated heterocycles. The molecule has 0 radical (unpaired) electrons. The predicted molar refractivity (Wildman–Crippen MR) is 112 cm³/mol. The lowest BCUT2D eigenvalue weighted by atomic mass is 9.97. The highest BCUT2D eigenvalue weighted by Gasteiger charge is 2.18. The Morgan fingerprint density at radius 3 is 2.56 bits per heavy atom. The third-order valence-corrected chi connectivity index (χ3v) is 4.85. The summed E-state index contributed by atoms with van der Waals surface area (Å²) in [5.74, 6) is 2.46. The summed E-state index contributed by atoms with van der Waals surface area (Å²) in [6.45, 7) is 11.4. The Bertz CT molecular complexity index is 540. The Morgan fingerprint density at radius 2 is 1.89 bits per heavy atom. The average molecular weight is 377 g/mol. The van der Waals surface area contributed by atoms with E-state index in [-0.39, 0.29) is 0 Å². The maximum Gasteiger partial charge on any atom is 0.191 e. The van der Waals surface area contributed by atoms with Crippen LogP contribution in [-0.2, 0) is 4.74 Å². The van der Waals surface area contributed by atoms with E-state index in [1.165, 1.54) is 18.4 Å². The summed E-state index contributed by atoms with van der Waals surface area (Å²) in [6.07, 6.45) is 2.42. The van der Waals surface area contributed by atoms with Crippen LogP contribution in [0.4, 0.5) is 0 Å². The summed E-state index contributed by atoms with van der Waals surface area (Å²) < 4.78 is 10.9. The molecule has 1 fully saturated rings. The van der Waals surface area contributed by atoms with Crippen LogP contribution in [0.3, 0.4) is 0 Å². The molecule has 6 nitrogen and oxygen atoms in total. The summed E-state index contributed by atoms with van der Waals surface area (Å²) in [7, 11) is 1.77. The Morgan fingerprint density at radius 1 is 1.15 bits per heavy atom. The first-order valence-corrected chi connectivity index (χ1v) is 10.1. The Balaban J connectivity index is 1.67. The number of nitrogens with zero attached hydrogens (tertiary/aromatic N) is 2. The molecule has 1 aromatic rings. The predicted octanol–water partition coefficient (Wildman–Crippen LogP) is 2.29. The maximum absolute atomic E-state index is 5.77. The topological polar surface area (TPSA) is 58.1 Å². The number of benzene rings is 1. The van der Waals surface area contributed by atoms with Gasteiger partial charge in [0.05, 0.1) is 13.2 Å². The fourth-order valence-electron chi connectivity index (χ4n) is 3.15. The normalized spacial score (nSPS) is 16.3. The highest BCUT2D eigenvalue weighted by atomic mass is 16.5. The lowest BCUT2D eigenvalue weighted by Gasteiger charge is -2.31. The van der Waals surface area contributed by atoms with Gasteiger partial charge in [0.2, 0.25) is 0 Å². The molecule has 0 spiro atoms. The van der Waals surface area contributed by atoms with Gasteiger partial charge in [-0.3, -0.25) is 4.99 Å². The van der Waals surface area contributed by atoms with Crippen LogP contribution < -0.4 is 15.4 Å². The molecular formula is C21H36N4O2. The number of aliphatic imine (C=N–C) groups is 1. The molecular weight excluding hydrogens is 340 g/mol. The smallest absolute Gasteiger partial charge is 0.191 e. The molecule has 1 aromatic carbocycles. The number of aryl methyl sites for hydroxylation is 1. The lowest BCUT2D eigenvalue weighted by molar-refractivity contribution is 0.121. The van der Waals surface area contributed by atoms with Crippen LogP contribution in [0.5, 0.6) is 5.75 Å². The zero-order valence-corrected chi connectivity index (χ0v) is 17.2. The minimum Gasteiger partial charge on any atom is -0.492 e. The summed E-state index contributed by atoms with van der Waals surface area (Å²) in [5, 5.41) is 6.69. The molecule has 0 saturated carbocycles. The Hall–Kier alpha value is -1.79. The fourth-order valence-corrected chi connectivity index (χ4v) is 3.15. The number of likely N-dealkylation sites (tertiary alicyclic amines) is 1. The summed E-state index contributed by atoms with van der Waals surface area (Å²) >= 11 is 0. The van der Waals surface area contributed by atoms with Crippen molar-refractivity contribution in [2.45, 2.75) is 26.7 Å². The molecule has 0 unspecified atom stereocenters. The lowest BCUT2D eigenvalue weighted by Crippen LogP contribution is -2.40. The second-order valence-electron chi connectivity index (χ2n) is 7.09. The Kier molecular flexibility index (Phi) is 10.0. The number of nitrogens with one attached hydrogen (secondary N) is 2. The molecule has 152 valence electrons. The Labute approximate surface area is 164 Å². The molecule has 0 atom stereocenters. The van der Waals surface area contributed by atoms with E-state index in [4.69, 9.17) is 14.5 Å². The van der Waals surface area contributed by atoms with Crippen molar-refractivity contribution in [2.24, 2.45) is 10.9 Å². The van der Waals surface area contributed by atoms with Crippen molar-refractivity contribution >= 4 is 5.96 Å². The largest absolute Gasteiger partial charge is 0.492 e. The van der Waals surface area contributed by atoms with E-state index in [9.17, 15) is 0 Å². The van der Waals surface area contributed by atoms with Crippen LogP contribution in [-0.4, -0.2) is 70.5 Å². The van der Waals surface area contributed by atoms with Crippen molar-refractivity contribution in [3.63, 3.8) is 0 Å². The number of methoxy groups -OCH3 is 1. The van der Waals surface area contributed by atoms with Crippen LogP contribution in [0.15, 0.2) is 29.3 Å². The van der Waals surface area contributed by atoms with Gasteiger partial charge in [0.25, 0.3) is 0 Å². The van der Waals surface area contributed by atoms with Crippen molar-refractivity contribution in [1.82, 2.24) is 15.5 Å². The number of hydrogen-bond donors (Lipinski definition) is 2. The first-order valence-electron chi connectivity index (χ1n) is 10.1. The number of ether oxygens (including phenoxy) is 2. The molecule has 1 aliphatic rings.